The summed E-state index contributed by atoms with van der Waals surface area (Å²) >= 11 is 0.919. The smallest absolute Gasteiger partial charge is 0.338 e. The third-order valence-electron chi connectivity index (χ3n) is 19.9. The zero-order chi connectivity index (χ0) is 88.4. The van der Waals surface area contributed by atoms with Gasteiger partial charge in [0.25, 0.3) is 0 Å². The average molecular weight is 1730 g/mol. The zero-order valence-electron chi connectivity index (χ0n) is 67.8. The number of esters is 12. The van der Waals surface area contributed by atoms with Crippen molar-refractivity contribution in [3.63, 3.8) is 0 Å². The van der Waals surface area contributed by atoms with Crippen molar-refractivity contribution in [3.05, 3.63) is 359 Å². The van der Waals surface area contributed by atoms with Crippen LogP contribution < -0.4 is 0 Å². The van der Waals surface area contributed by atoms with Crippen molar-refractivity contribution in [3.8, 4) is 0 Å². The molecule has 10 aromatic rings. The van der Waals surface area contributed by atoms with Crippen molar-refractivity contribution in [1.82, 2.24) is 0 Å². The second-order valence-corrected chi connectivity index (χ2v) is 29.9. The van der Waals surface area contributed by atoms with E-state index in [9.17, 15) is 28.8 Å². The highest BCUT2D eigenvalue weighted by atomic mass is 32.2. The Morgan fingerprint density at radius 3 is 0.889 bits per heavy atom. The van der Waals surface area contributed by atoms with E-state index in [-0.39, 0.29) is 61.4 Å². The van der Waals surface area contributed by atoms with E-state index in [4.69, 9.17) is 80.5 Å². The Bertz CT molecular complexity index is 5340. The van der Waals surface area contributed by atoms with Crippen LogP contribution in [0.2, 0.25) is 0 Å². The molecule has 3 aliphatic heterocycles. The second-order valence-electron chi connectivity index (χ2n) is 28.5. The highest BCUT2D eigenvalue weighted by Gasteiger charge is 2.63. The molecule has 3 heterocycles. The molecule has 3 aliphatic rings. The summed E-state index contributed by atoms with van der Waals surface area (Å²) in [5, 5.41) is 0. The van der Waals surface area contributed by atoms with Crippen molar-refractivity contribution in [2.24, 2.45) is 0 Å². The molecule has 0 N–H and O–H groups in total. The number of benzene rings is 10. The minimum absolute atomic E-state index is 0.00843. The standard InChI is InChI=1S/C96H84O29S/c1-4-126-96-83(124-95-82(121-93(108)69-53-33-14-34-54-69)79(118-90(105)66-47-27-11-28-48-66)76(116-88(103)64-43-23-9-24-44-64)74(122-95)71(113-86(101)62-39-19-7-20-40-62)56-110-84(99)60-35-15-5-16-36-60)80(119-91(106)67-49-29-12-30-50-67)77(75(125-96)70(112-59(3)98)55-109-58(2)97)123-94-81(120-92(107)68-51-31-13-32-52-68)78(117-89(104)65-45-25-10-26-46-65)73(115-87(102)63-41-21-8-22-42-63)72(114-94)57-111-85(100)61-37-17-6-18-38-61/h5-54,70-83,94-96H,4,55-57H2,1-3H3/t70-,71-,72-,73+,74+,75+,76+,77+,78?,79-,80-,81+,82-,83-,94-,95+,96+/m0/s1. The number of carbonyl (C=O) groups excluding carboxylic acids is 12. The fourth-order valence-corrected chi connectivity index (χ4v) is 14.9. The predicted molar refractivity (Wildman–Crippen MR) is 445 cm³/mol. The summed E-state index contributed by atoms with van der Waals surface area (Å²) in [4.78, 5) is 178. The Kier molecular flexibility index (Phi) is 31.2. The Morgan fingerprint density at radius 2 is 0.540 bits per heavy atom. The van der Waals surface area contributed by atoms with Gasteiger partial charge in [0.05, 0.1) is 55.6 Å². The molecule has 13 rings (SSSR count). The fraction of sp³-hybridized carbons (Fsp3) is 0.250. The lowest BCUT2D eigenvalue weighted by Gasteiger charge is -2.52. The van der Waals surface area contributed by atoms with Crippen LogP contribution in [0.4, 0.5) is 0 Å². The number of thioether (sulfide) groups is 1. The Balaban J connectivity index is 1.04. The van der Waals surface area contributed by atoms with Crippen molar-refractivity contribution in [2.75, 3.05) is 25.6 Å². The molecule has 0 radical (unpaired) electrons. The number of hydrogen-bond donors (Lipinski definition) is 0. The minimum atomic E-state index is -2.42. The molecule has 0 aliphatic carbocycles. The number of carbonyl (C=O) groups is 12. The fourth-order valence-electron chi connectivity index (χ4n) is 13.9. The molecule has 30 heteroatoms. The van der Waals surface area contributed by atoms with Crippen LogP contribution in [0.3, 0.4) is 0 Å². The van der Waals surface area contributed by atoms with Gasteiger partial charge in [-0.05, 0) is 127 Å². The summed E-state index contributed by atoms with van der Waals surface area (Å²) in [5.74, 6) is -13.0. The van der Waals surface area contributed by atoms with Crippen LogP contribution >= 0.6 is 11.8 Å². The maximum Gasteiger partial charge on any atom is 0.338 e. The van der Waals surface area contributed by atoms with Crippen LogP contribution in [-0.4, -0.2) is 201 Å². The Labute approximate surface area is 726 Å². The third kappa shape index (κ3) is 23.5. The predicted octanol–water partition coefficient (Wildman–Crippen LogP) is 12.7. The van der Waals surface area contributed by atoms with Gasteiger partial charge in [0.15, 0.2) is 67.5 Å². The SMILES string of the molecule is CCS[C@H]1O[C@H]([C@H](COC(C)=O)OC(C)=O)[C@@H](O[C@@H]2O[C@@H](COC(=O)c3ccccc3)[C@@H](OC(=O)c3ccccc3)C(OC(=O)c3ccccc3)[C@H]2OC(=O)c2ccccc2)[C@H](OC(=O)c2ccccc2)[C@@H]1O[C@H]1O[C@H]([C@H](COC(=O)c2ccccc2)OC(=O)c2ccccc2)[C@@H](OC(=O)c2ccccc2)[C@H](OC(=O)c2ccccc2)[C@@H]1OC(=O)c1ccccc1. The van der Waals surface area contributed by atoms with Crippen LogP contribution in [0, 0.1) is 0 Å². The highest BCUT2D eigenvalue weighted by molar-refractivity contribution is 7.99. The van der Waals surface area contributed by atoms with E-state index < -0.39 is 195 Å². The number of ether oxygens (including phenoxy) is 17. The first kappa shape index (κ1) is 89.7. The van der Waals surface area contributed by atoms with Crippen molar-refractivity contribution in [1.29, 1.82) is 0 Å². The molecule has 0 aromatic heterocycles. The van der Waals surface area contributed by atoms with Crippen molar-refractivity contribution >= 4 is 83.4 Å². The summed E-state index contributed by atoms with van der Waals surface area (Å²) in [6.07, 6.45) is -34.6. The molecule has 0 amide bonds. The second kappa shape index (κ2) is 43.8. The molecule has 648 valence electrons. The lowest BCUT2D eigenvalue weighted by atomic mass is 9.92. The quantitative estimate of drug-likeness (QED) is 0.0272. The first-order valence-corrected chi connectivity index (χ1v) is 41.0. The first-order valence-electron chi connectivity index (χ1n) is 40.0. The monoisotopic (exact) mass is 1730 g/mol. The first-order chi connectivity index (χ1) is 61.2. The van der Waals surface area contributed by atoms with E-state index in [1.807, 2.05) is 0 Å². The maximum atomic E-state index is 15.8. The molecule has 3 fully saturated rings. The molecule has 1 unspecified atom stereocenters. The van der Waals surface area contributed by atoms with Gasteiger partial charge in [-0.15, -0.1) is 11.8 Å². The van der Waals surface area contributed by atoms with Crippen LogP contribution in [0.5, 0.6) is 0 Å². The number of hydrogen-bond acceptors (Lipinski definition) is 30. The molecule has 29 nitrogen and oxygen atoms in total. The van der Waals surface area contributed by atoms with E-state index in [1.54, 1.807) is 91.9 Å². The van der Waals surface area contributed by atoms with Gasteiger partial charge in [-0.1, -0.05) is 189 Å². The summed E-state index contributed by atoms with van der Waals surface area (Å²) in [6.45, 7) is 0.934. The molecule has 0 saturated carbocycles. The van der Waals surface area contributed by atoms with Crippen LogP contribution in [-0.2, 0) is 90.1 Å². The zero-order valence-corrected chi connectivity index (χ0v) is 68.6. The van der Waals surface area contributed by atoms with Crippen LogP contribution in [0.1, 0.15) is 124 Å². The van der Waals surface area contributed by atoms with Gasteiger partial charge >= 0.3 is 71.6 Å². The molecule has 0 spiro atoms. The van der Waals surface area contributed by atoms with Gasteiger partial charge in [-0.2, -0.15) is 0 Å². The van der Waals surface area contributed by atoms with E-state index in [2.05, 4.69) is 0 Å². The lowest BCUT2D eigenvalue weighted by molar-refractivity contribution is -0.362. The topological polar surface area (TPSA) is 362 Å². The molecular formula is C96H84O29S. The summed E-state index contributed by atoms with van der Waals surface area (Å²) in [7, 11) is 0. The molecule has 10 aromatic carbocycles. The molecule has 17 atom stereocenters. The number of rotatable bonds is 33. The van der Waals surface area contributed by atoms with Gasteiger partial charge in [0.1, 0.15) is 55.8 Å². The van der Waals surface area contributed by atoms with Crippen molar-refractivity contribution < 1.29 is 138 Å². The van der Waals surface area contributed by atoms with E-state index in [0.717, 1.165) is 25.6 Å². The van der Waals surface area contributed by atoms with Gasteiger partial charge < -0.3 is 80.5 Å². The third-order valence-corrected chi connectivity index (χ3v) is 20.9. The summed E-state index contributed by atoms with van der Waals surface area (Å²) in [5.41, 5.74) is -2.62. The molecular weight excluding hydrogens is 1650 g/mol. The Morgan fingerprint density at radius 1 is 0.270 bits per heavy atom. The summed E-state index contributed by atoms with van der Waals surface area (Å²) in [6, 6.07) is 74.6. The van der Waals surface area contributed by atoms with E-state index in [0.29, 0.717) is 0 Å². The van der Waals surface area contributed by atoms with E-state index >= 15 is 28.8 Å². The minimum Gasteiger partial charge on any atom is -0.462 e. The molecule has 126 heavy (non-hydrogen) atoms. The van der Waals surface area contributed by atoms with Gasteiger partial charge in [-0.3, -0.25) is 9.59 Å². The normalized spacial score (nSPS) is 22.3. The molecule has 0 bridgehead atoms. The van der Waals surface area contributed by atoms with Crippen molar-refractivity contribution in [2.45, 2.75) is 124 Å². The molecule has 3 saturated heterocycles. The average Bonchev–Trinajstić information content (AvgIpc) is 0.748. The Hall–Kier alpha value is -14.0. The van der Waals surface area contributed by atoms with Gasteiger partial charge in [0, 0.05) is 13.8 Å². The van der Waals surface area contributed by atoms with Gasteiger partial charge in [0.2, 0.25) is 0 Å². The highest BCUT2D eigenvalue weighted by Crippen LogP contribution is 2.43. The summed E-state index contributed by atoms with van der Waals surface area (Å²) < 4.78 is 113. The van der Waals surface area contributed by atoms with Crippen LogP contribution in [0.15, 0.2) is 303 Å². The lowest BCUT2D eigenvalue weighted by Crippen LogP contribution is -2.70. The maximum absolute atomic E-state index is 15.8. The largest absolute Gasteiger partial charge is 0.462 e. The van der Waals surface area contributed by atoms with E-state index in [1.165, 1.54) is 218 Å². The van der Waals surface area contributed by atoms with Gasteiger partial charge in [-0.25, -0.2) is 47.9 Å². The van der Waals surface area contributed by atoms with Crippen LogP contribution in [0.25, 0.3) is 0 Å².